The second-order valence-electron chi connectivity index (χ2n) is 11.0. The zero-order chi connectivity index (χ0) is 35.6. The van der Waals surface area contributed by atoms with Crippen molar-refractivity contribution in [1.82, 2.24) is 0 Å². The van der Waals surface area contributed by atoms with Gasteiger partial charge in [0.15, 0.2) is 0 Å². The van der Waals surface area contributed by atoms with Crippen LogP contribution in [0.25, 0.3) is 21.5 Å². The van der Waals surface area contributed by atoms with E-state index in [-0.39, 0.29) is 81.6 Å². The van der Waals surface area contributed by atoms with Crippen LogP contribution in [0.4, 0.5) is 27.5 Å². The van der Waals surface area contributed by atoms with E-state index in [1.807, 2.05) is 0 Å². The normalized spacial score (nSPS) is 11.1. The second-order valence-corrected chi connectivity index (χ2v) is 13.8. The van der Waals surface area contributed by atoms with Crippen LogP contribution in [0.1, 0.15) is 20.7 Å². The molecule has 0 unspecified atom stereocenters. The third kappa shape index (κ3) is 10.0. The molecule has 0 heterocycles. The molecule has 0 aliphatic carbocycles. The monoisotopic (exact) mass is 754 g/mol. The zero-order valence-corrected chi connectivity index (χ0v) is 33.2. The SMILES string of the molecule is O=C(Nc1ccc2ccc(C(=O)Nc3cccc(S(=O)(=O)[O-])c3)cc2c1)Nc1ccc2ccc(C(=O)Nc3cccc(S(=O)(=O)[O-])c3)cc2c1.[Na+].[Na+]. The molecule has 0 aliphatic rings. The average Bonchev–Trinajstić information content (AvgIpc) is 3.07. The molecular weight excluding hydrogens is 731 g/mol. The minimum atomic E-state index is -4.70. The summed E-state index contributed by atoms with van der Waals surface area (Å²) in [5.41, 5.74) is 1.62. The van der Waals surface area contributed by atoms with Crippen LogP contribution in [0, 0.1) is 0 Å². The van der Waals surface area contributed by atoms with Crippen molar-refractivity contribution in [3.8, 4) is 0 Å². The van der Waals surface area contributed by atoms with E-state index in [4.69, 9.17) is 0 Å². The van der Waals surface area contributed by atoms with Gasteiger partial charge in [0.25, 0.3) is 11.8 Å². The summed E-state index contributed by atoms with van der Waals surface area (Å²) in [5.74, 6) is -1.08. The third-order valence-corrected chi connectivity index (χ3v) is 9.14. The zero-order valence-electron chi connectivity index (χ0n) is 27.5. The van der Waals surface area contributed by atoms with Crippen molar-refractivity contribution < 1.29 is 99.4 Å². The molecule has 0 atom stereocenters. The van der Waals surface area contributed by atoms with Crippen molar-refractivity contribution >= 4 is 82.4 Å². The standard InChI is InChI=1S/C35H26N4O9S2.2Na/c40-33(36-27-3-1-5-31(19-27)49(43,44)45)23-9-7-21-11-13-29(17-25(21)15-23)38-35(42)39-30-14-12-22-8-10-24(16-26(22)18-30)34(41)37-28-4-2-6-32(20-28)50(46,47)48;;/h1-20H,(H,36,40)(H,37,41)(H2,38,39,42)(H,43,44,45)(H,46,47,48);;/q;2*+1/p-2. The number of hydrogen-bond acceptors (Lipinski definition) is 9. The Morgan fingerprint density at radius 3 is 1.17 bits per heavy atom. The first kappa shape index (κ1) is 40.6. The molecule has 0 aliphatic heterocycles. The summed E-state index contributed by atoms with van der Waals surface area (Å²) in [6.45, 7) is 0. The van der Waals surface area contributed by atoms with Gasteiger partial charge in [-0.15, -0.1) is 0 Å². The molecule has 0 spiro atoms. The van der Waals surface area contributed by atoms with Gasteiger partial charge in [-0.25, -0.2) is 21.6 Å². The van der Waals surface area contributed by atoms with Crippen molar-refractivity contribution in [3.05, 3.63) is 132 Å². The van der Waals surface area contributed by atoms with Gasteiger partial charge in [-0.1, -0.05) is 36.4 Å². The Morgan fingerprint density at radius 2 is 0.788 bits per heavy atom. The molecule has 17 heteroatoms. The molecule has 0 radical (unpaired) electrons. The van der Waals surface area contributed by atoms with Gasteiger partial charge >= 0.3 is 65.1 Å². The Hall–Kier alpha value is -4.13. The molecule has 6 aromatic rings. The molecule has 6 aromatic carbocycles. The van der Waals surface area contributed by atoms with Gasteiger partial charge in [-0.05, 0) is 106 Å². The van der Waals surface area contributed by atoms with E-state index in [0.717, 1.165) is 35.0 Å². The molecule has 13 nitrogen and oxygen atoms in total. The van der Waals surface area contributed by atoms with E-state index < -0.39 is 47.9 Å². The van der Waals surface area contributed by atoms with Crippen LogP contribution in [0.2, 0.25) is 0 Å². The van der Waals surface area contributed by atoms with Gasteiger partial charge in [-0.2, -0.15) is 0 Å². The summed E-state index contributed by atoms with van der Waals surface area (Å²) in [5, 5.41) is 13.5. The largest absolute Gasteiger partial charge is 1.00 e. The van der Waals surface area contributed by atoms with Crippen LogP contribution in [-0.4, -0.2) is 43.8 Å². The predicted molar refractivity (Wildman–Crippen MR) is 185 cm³/mol. The van der Waals surface area contributed by atoms with Crippen LogP contribution in [0.15, 0.2) is 131 Å². The first-order valence-corrected chi connectivity index (χ1v) is 17.4. The van der Waals surface area contributed by atoms with Gasteiger partial charge in [-0.3, -0.25) is 9.59 Å². The molecular formula is C35H24N4Na2O9S2. The molecule has 0 bridgehead atoms. The molecule has 0 saturated carbocycles. The maximum atomic E-state index is 12.9. The second kappa shape index (κ2) is 16.7. The van der Waals surface area contributed by atoms with Crippen LogP contribution < -0.4 is 80.4 Å². The van der Waals surface area contributed by atoms with Crippen molar-refractivity contribution in [1.29, 1.82) is 0 Å². The topological polar surface area (TPSA) is 214 Å². The van der Waals surface area contributed by atoms with E-state index in [2.05, 4.69) is 21.3 Å². The van der Waals surface area contributed by atoms with E-state index in [0.29, 0.717) is 22.1 Å². The number of hydrogen-bond donors (Lipinski definition) is 4. The van der Waals surface area contributed by atoms with Gasteiger partial charge in [0, 0.05) is 33.9 Å². The maximum Gasteiger partial charge on any atom is 1.00 e. The summed E-state index contributed by atoms with van der Waals surface area (Å²) in [4.78, 5) is 37.8. The number of anilines is 4. The number of fused-ring (bicyclic) bond motifs is 2. The van der Waals surface area contributed by atoms with E-state index >= 15 is 0 Å². The van der Waals surface area contributed by atoms with E-state index in [1.54, 1.807) is 72.8 Å². The van der Waals surface area contributed by atoms with Crippen LogP contribution in [0.3, 0.4) is 0 Å². The fourth-order valence-corrected chi connectivity index (χ4v) is 6.12. The van der Waals surface area contributed by atoms with Crippen molar-refractivity contribution in [2.24, 2.45) is 0 Å². The van der Waals surface area contributed by atoms with Gasteiger partial charge in [0.1, 0.15) is 20.2 Å². The van der Waals surface area contributed by atoms with E-state index in [1.165, 1.54) is 24.3 Å². The summed E-state index contributed by atoms with van der Waals surface area (Å²) in [7, 11) is -9.39. The summed E-state index contributed by atoms with van der Waals surface area (Å²) < 4.78 is 68.0. The number of carbonyl (C=O) groups is 3. The van der Waals surface area contributed by atoms with Gasteiger partial charge < -0.3 is 30.4 Å². The number of amides is 4. The van der Waals surface area contributed by atoms with Gasteiger partial charge in [0.2, 0.25) is 0 Å². The molecule has 0 fully saturated rings. The Balaban J connectivity index is 0.00000302. The first-order valence-electron chi connectivity index (χ1n) is 14.6. The molecule has 4 amide bonds. The maximum absolute atomic E-state index is 12.9. The first-order chi connectivity index (χ1) is 23.7. The van der Waals surface area contributed by atoms with Crippen molar-refractivity contribution in [2.75, 3.05) is 21.3 Å². The summed E-state index contributed by atoms with van der Waals surface area (Å²) in [6, 6.07) is 29.5. The number of nitrogens with one attached hydrogen (secondary N) is 4. The Kier molecular flexibility index (Phi) is 13.0. The number of carbonyl (C=O) groups excluding carboxylic acids is 3. The Morgan fingerprint density at radius 1 is 0.423 bits per heavy atom. The average molecular weight is 755 g/mol. The van der Waals surface area contributed by atoms with Crippen LogP contribution >= 0.6 is 0 Å². The number of benzene rings is 6. The quantitative estimate of drug-likeness (QED) is 0.121. The smallest absolute Gasteiger partial charge is 0.744 e. The molecule has 0 saturated heterocycles. The van der Waals surface area contributed by atoms with Crippen molar-refractivity contribution in [2.45, 2.75) is 9.79 Å². The van der Waals surface area contributed by atoms with Gasteiger partial charge in [0.05, 0.1) is 9.79 Å². The third-order valence-electron chi connectivity index (χ3n) is 7.48. The molecule has 4 N–H and O–H groups in total. The minimum Gasteiger partial charge on any atom is -0.744 e. The van der Waals surface area contributed by atoms with Crippen molar-refractivity contribution in [3.63, 3.8) is 0 Å². The molecule has 52 heavy (non-hydrogen) atoms. The van der Waals surface area contributed by atoms with E-state index in [9.17, 15) is 40.3 Å². The molecule has 6 rings (SSSR count). The van der Waals surface area contributed by atoms with Crippen LogP contribution in [-0.2, 0) is 20.2 Å². The fraction of sp³-hybridized carbons (Fsp3) is 0. The minimum absolute atomic E-state index is 0. The fourth-order valence-electron chi connectivity index (χ4n) is 5.09. The predicted octanol–water partition coefficient (Wildman–Crippen LogP) is -0.0422. The Bertz CT molecular complexity index is 2410. The number of urea groups is 1. The summed E-state index contributed by atoms with van der Waals surface area (Å²) >= 11 is 0. The number of rotatable bonds is 8. The molecule has 0 aromatic heterocycles. The Labute approximate surface area is 342 Å². The summed E-state index contributed by atoms with van der Waals surface area (Å²) in [6.07, 6.45) is 0. The van der Waals surface area contributed by atoms with Crippen LogP contribution in [0.5, 0.6) is 0 Å². The molecule has 252 valence electrons.